The van der Waals surface area contributed by atoms with E-state index in [4.69, 9.17) is 0 Å². The molecular weight excluding hydrogens is 907 g/mol. The second kappa shape index (κ2) is 18.6. The van der Waals surface area contributed by atoms with Crippen molar-refractivity contribution in [3.8, 4) is 67.0 Å². The van der Waals surface area contributed by atoms with Crippen LogP contribution in [-0.4, -0.2) is 9.13 Å². The second-order valence-corrected chi connectivity index (χ2v) is 19.3. The first-order chi connectivity index (χ1) is 37.2. The van der Waals surface area contributed by atoms with E-state index >= 15 is 0 Å². The molecule has 0 radical (unpaired) electrons. The number of para-hydroxylation sites is 3. The van der Waals surface area contributed by atoms with Crippen LogP contribution in [0, 0.1) is 0 Å². The lowest BCUT2D eigenvalue weighted by molar-refractivity contribution is 1.15. The maximum Gasteiger partial charge on any atom is 0.0788 e. The first-order valence-electron chi connectivity index (χ1n) is 25.7. The molecule has 3 nitrogen and oxygen atoms in total. The van der Waals surface area contributed by atoms with Gasteiger partial charge in [0.2, 0.25) is 0 Å². The summed E-state index contributed by atoms with van der Waals surface area (Å²) < 4.78 is 4.93. The Morgan fingerprint density at radius 1 is 0.200 bits per heavy atom. The molecule has 0 aliphatic rings. The highest BCUT2D eigenvalue weighted by Gasteiger charge is 2.22. The van der Waals surface area contributed by atoms with Crippen molar-refractivity contribution in [2.75, 3.05) is 4.90 Å². The summed E-state index contributed by atoms with van der Waals surface area (Å²) in [4.78, 5) is 2.36. The number of nitrogens with zero attached hydrogens (tertiary/aromatic N) is 3. The predicted octanol–water partition coefficient (Wildman–Crippen LogP) is 19.7. The number of fused-ring (bicyclic) bond motifs is 7. The average molecular weight is 956 g/mol. The standard InChI is InChI=1S/C72H49N3/c1-4-17-50(18-5-1)55-21-14-23-57(47-55)52-33-39-61(40-34-52)73(62-41-35-53(36-42-62)58-24-15-22-56(48-58)51-19-6-2-7-20-51)63-43-37-54(38-44-63)59-25-16-28-64(49-59)75-70-32-13-11-30-66(70)68-46-45-67-65-29-10-12-31-69(65)74(71(67)72(68)75)60-26-8-3-9-27-60/h1-49H. The summed E-state index contributed by atoms with van der Waals surface area (Å²) in [5.41, 5.74) is 22.1. The zero-order valence-corrected chi connectivity index (χ0v) is 41.1. The molecule has 0 aliphatic carbocycles. The minimum atomic E-state index is 1.08. The molecule has 352 valence electrons. The van der Waals surface area contributed by atoms with E-state index in [-0.39, 0.29) is 0 Å². The van der Waals surface area contributed by atoms with E-state index in [1.54, 1.807) is 0 Å². The molecule has 0 atom stereocenters. The van der Waals surface area contributed by atoms with Crippen LogP contribution in [0.25, 0.3) is 111 Å². The Morgan fingerprint density at radius 3 is 0.933 bits per heavy atom. The molecule has 3 heteroatoms. The van der Waals surface area contributed by atoms with Crippen molar-refractivity contribution in [2.45, 2.75) is 0 Å². The lowest BCUT2D eigenvalue weighted by Gasteiger charge is -2.26. The van der Waals surface area contributed by atoms with Crippen LogP contribution >= 0.6 is 0 Å². The van der Waals surface area contributed by atoms with E-state index < -0.39 is 0 Å². The Kier molecular flexibility index (Phi) is 10.8. The summed E-state index contributed by atoms with van der Waals surface area (Å²) in [5.74, 6) is 0. The summed E-state index contributed by atoms with van der Waals surface area (Å²) in [7, 11) is 0. The van der Waals surface area contributed by atoms with Gasteiger partial charge in [0, 0.05) is 50.0 Å². The summed E-state index contributed by atoms with van der Waals surface area (Å²) in [5, 5.41) is 4.94. The van der Waals surface area contributed by atoms with Gasteiger partial charge in [0.15, 0.2) is 0 Å². The summed E-state index contributed by atoms with van der Waals surface area (Å²) in [6.07, 6.45) is 0. The first kappa shape index (κ1) is 43.8. The molecule has 0 saturated heterocycles. The highest BCUT2D eigenvalue weighted by Crippen LogP contribution is 2.43. The largest absolute Gasteiger partial charge is 0.311 e. The van der Waals surface area contributed by atoms with Crippen molar-refractivity contribution in [2.24, 2.45) is 0 Å². The maximum absolute atomic E-state index is 2.48. The number of aromatic nitrogens is 2. The molecule has 0 bridgehead atoms. The summed E-state index contributed by atoms with van der Waals surface area (Å²) in [6.45, 7) is 0. The molecule has 0 spiro atoms. The quantitative estimate of drug-likeness (QED) is 0.133. The van der Waals surface area contributed by atoms with Gasteiger partial charge in [-0.25, -0.2) is 0 Å². The fraction of sp³-hybridized carbons (Fsp3) is 0. The zero-order chi connectivity index (χ0) is 49.7. The van der Waals surface area contributed by atoms with Gasteiger partial charge in [0.1, 0.15) is 0 Å². The topological polar surface area (TPSA) is 13.1 Å². The molecule has 0 aliphatic heterocycles. The Morgan fingerprint density at radius 2 is 0.507 bits per heavy atom. The van der Waals surface area contributed by atoms with Crippen LogP contribution in [0.4, 0.5) is 17.1 Å². The molecule has 14 rings (SSSR count). The third-order valence-corrected chi connectivity index (χ3v) is 14.9. The highest BCUT2D eigenvalue weighted by atomic mass is 15.1. The normalized spacial score (nSPS) is 11.5. The Labute approximate surface area is 436 Å². The van der Waals surface area contributed by atoms with Crippen LogP contribution in [0.2, 0.25) is 0 Å². The monoisotopic (exact) mass is 955 g/mol. The second-order valence-electron chi connectivity index (χ2n) is 19.3. The van der Waals surface area contributed by atoms with Crippen LogP contribution in [0.3, 0.4) is 0 Å². The van der Waals surface area contributed by atoms with Gasteiger partial charge in [0.25, 0.3) is 0 Å². The van der Waals surface area contributed by atoms with Gasteiger partial charge in [-0.15, -0.1) is 0 Å². The minimum Gasteiger partial charge on any atom is -0.311 e. The van der Waals surface area contributed by atoms with Crippen LogP contribution in [0.1, 0.15) is 0 Å². The van der Waals surface area contributed by atoms with Gasteiger partial charge >= 0.3 is 0 Å². The van der Waals surface area contributed by atoms with Crippen molar-refractivity contribution in [3.05, 3.63) is 297 Å². The van der Waals surface area contributed by atoms with E-state index in [2.05, 4.69) is 311 Å². The van der Waals surface area contributed by atoms with Crippen LogP contribution in [0.5, 0.6) is 0 Å². The Bertz CT molecular complexity index is 4230. The maximum atomic E-state index is 2.48. The van der Waals surface area contributed by atoms with Crippen LogP contribution in [-0.2, 0) is 0 Å². The number of benzene rings is 12. The molecule has 0 saturated carbocycles. The van der Waals surface area contributed by atoms with Gasteiger partial charge in [-0.1, -0.05) is 212 Å². The fourth-order valence-corrected chi connectivity index (χ4v) is 11.3. The Hall–Kier alpha value is -9.96. The van der Waals surface area contributed by atoms with Gasteiger partial charge in [-0.3, -0.25) is 0 Å². The molecule has 12 aromatic carbocycles. The molecule has 2 aromatic heterocycles. The van der Waals surface area contributed by atoms with Crippen molar-refractivity contribution in [1.29, 1.82) is 0 Å². The fourth-order valence-electron chi connectivity index (χ4n) is 11.3. The summed E-state index contributed by atoms with van der Waals surface area (Å²) >= 11 is 0. The molecule has 0 unspecified atom stereocenters. The number of hydrogen-bond acceptors (Lipinski definition) is 1. The van der Waals surface area contributed by atoms with E-state index in [9.17, 15) is 0 Å². The van der Waals surface area contributed by atoms with Crippen molar-refractivity contribution in [3.63, 3.8) is 0 Å². The van der Waals surface area contributed by atoms with Crippen LogP contribution in [0.15, 0.2) is 297 Å². The van der Waals surface area contributed by atoms with Crippen molar-refractivity contribution < 1.29 is 0 Å². The lowest BCUT2D eigenvalue weighted by Crippen LogP contribution is -2.09. The lowest BCUT2D eigenvalue weighted by atomic mass is 9.98. The van der Waals surface area contributed by atoms with Crippen LogP contribution < -0.4 is 4.90 Å². The van der Waals surface area contributed by atoms with Crippen molar-refractivity contribution >= 4 is 60.7 Å². The molecule has 14 aromatic rings. The summed E-state index contributed by atoms with van der Waals surface area (Å²) in [6, 6.07) is 108. The van der Waals surface area contributed by atoms with E-state index in [0.29, 0.717) is 0 Å². The van der Waals surface area contributed by atoms with E-state index in [0.717, 1.165) is 39.6 Å². The molecule has 2 heterocycles. The molecule has 0 amide bonds. The van der Waals surface area contributed by atoms with Crippen molar-refractivity contribution in [1.82, 2.24) is 9.13 Å². The van der Waals surface area contributed by atoms with Gasteiger partial charge < -0.3 is 14.0 Å². The number of rotatable bonds is 10. The third-order valence-electron chi connectivity index (χ3n) is 14.9. The van der Waals surface area contributed by atoms with Gasteiger partial charge in [-0.05, 0) is 141 Å². The van der Waals surface area contributed by atoms with E-state index in [1.165, 1.54) is 88.1 Å². The van der Waals surface area contributed by atoms with Gasteiger partial charge in [0.05, 0.1) is 22.1 Å². The zero-order valence-electron chi connectivity index (χ0n) is 41.1. The minimum absolute atomic E-state index is 1.08. The van der Waals surface area contributed by atoms with E-state index in [1.807, 2.05) is 0 Å². The third kappa shape index (κ3) is 7.86. The predicted molar refractivity (Wildman–Crippen MR) is 317 cm³/mol. The number of hydrogen-bond donors (Lipinski definition) is 0. The highest BCUT2D eigenvalue weighted by molar-refractivity contribution is 6.23. The molecule has 0 N–H and O–H groups in total. The number of anilines is 3. The average Bonchev–Trinajstić information content (AvgIpc) is 4.03. The molecular formula is C72H49N3. The van der Waals surface area contributed by atoms with Gasteiger partial charge in [-0.2, -0.15) is 0 Å². The first-order valence-corrected chi connectivity index (χ1v) is 25.7. The smallest absolute Gasteiger partial charge is 0.0788 e. The molecule has 75 heavy (non-hydrogen) atoms. The molecule has 0 fully saturated rings. The SMILES string of the molecule is c1ccc(-c2cccc(-c3ccc(N(c4ccc(-c5cccc(-c6ccccc6)c5)cc4)c4ccc(-c5cccc(-n6c7ccccc7c7ccc8c9ccccc9n(-c9ccccc9)c8c76)c5)cc4)cc3)c2)cc1. The Balaban J connectivity index is 0.858.